The quantitative estimate of drug-likeness (QED) is 0.349. The summed E-state index contributed by atoms with van der Waals surface area (Å²) in [5.41, 5.74) is 1.13. The maximum absolute atomic E-state index is 12.8. The monoisotopic (exact) mass is 494 g/mol. The molecule has 0 radical (unpaired) electrons. The smallest absolute Gasteiger partial charge is 0.332 e. The fourth-order valence-electron chi connectivity index (χ4n) is 4.58. The van der Waals surface area contributed by atoms with Crippen molar-refractivity contribution in [1.82, 2.24) is 38.6 Å². The van der Waals surface area contributed by atoms with Gasteiger partial charge in [-0.3, -0.25) is 18.8 Å². The maximum atomic E-state index is 12.8. The summed E-state index contributed by atoms with van der Waals surface area (Å²) in [7, 11) is 5.04. The molecule has 1 aliphatic rings. The van der Waals surface area contributed by atoms with Gasteiger partial charge in [0.25, 0.3) is 5.56 Å². The highest BCUT2D eigenvalue weighted by molar-refractivity contribution is 5.69. The van der Waals surface area contributed by atoms with E-state index >= 15 is 0 Å². The zero-order valence-corrected chi connectivity index (χ0v) is 20.8. The van der Waals surface area contributed by atoms with Crippen molar-refractivity contribution in [3.8, 4) is 17.1 Å². The zero-order chi connectivity index (χ0) is 25.2. The van der Waals surface area contributed by atoms with Gasteiger partial charge in [-0.1, -0.05) is 5.16 Å². The fraction of sp³-hybridized carbons (Fsp3) is 0.458. The van der Waals surface area contributed by atoms with Crippen LogP contribution < -0.4 is 16.0 Å². The lowest BCUT2D eigenvalue weighted by molar-refractivity contribution is 0.115. The Morgan fingerprint density at radius 3 is 2.44 bits per heavy atom. The van der Waals surface area contributed by atoms with E-state index in [2.05, 4.69) is 24.9 Å². The van der Waals surface area contributed by atoms with Crippen molar-refractivity contribution in [2.24, 2.45) is 14.1 Å². The van der Waals surface area contributed by atoms with E-state index in [4.69, 9.17) is 9.26 Å². The number of nitrogens with zero attached hydrogens (tertiary/aromatic N) is 8. The SMILES string of the molecule is COc1ccc(-c2noc(CN3CCN(CCCn4c(=O)c5c(ncn5C)n(C)c4=O)CC3)n2)cc1. The van der Waals surface area contributed by atoms with Crippen LogP contribution in [0.5, 0.6) is 5.75 Å². The summed E-state index contributed by atoms with van der Waals surface area (Å²) in [5.74, 6) is 1.94. The van der Waals surface area contributed by atoms with Crippen molar-refractivity contribution in [1.29, 1.82) is 0 Å². The number of imidazole rings is 1. The number of methoxy groups -OCH3 is 1. The second-order valence-corrected chi connectivity index (χ2v) is 9.04. The number of aryl methyl sites for hydroxylation is 2. The van der Waals surface area contributed by atoms with Crippen molar-refractivity contribution < 1.29 is 9.26 Å². The molecule has 36 heavy (non-hydrogen) atoms. The molecule has 0 saturated carbocycles. The van der Waals surface area contributed by atoms with Crippen LogP contribution in [0.1, 0.15) is 12.3 Å². The molecule has 0 amide bonds. The molecule has 3 aromatic heterocycles. The highest BCUT2D eigenvalue weighted by Crippen LogP contribution is 2.20. The molecule has 1 saturated heterocycles. The molecule has 0 bridgehead atoms. The Morgan fingerprint density at radius 1 is 1.00 bits per heavy atom. The lowest BCUT2D eigenvalue weighted by Gasteiger charge is -2.33. The van der Waals surface area contributed by atoms with Gasteiger partial charge in [0.15, 0.2) is 11.2 Å². The first kappa shape index (κ1) is 23.9. The van der Waals surface area contributed by atoms with Crippen LogP contribution in [0.25, 0.3) is 22.6 Å². The van der Waals surface area contributed by atoms with Crippen molar-refractivity contribution in [2.45, 2.75) is 19.5 Å². The third kappa shape index (κ3) is 4.69. The van der Waals surface area contributed by atoms with Gasteiger partial charge in [0.1, 0.15) is 5.75 Å². The van der Waals surface area contributed by atoms with E-state index in [9.17, 15) is 9.59 Å². The van der Waals surface area contributed by atoms with Gasteiger partial charge < -0.3 is 18.7 Å². The molecule has 1 aliphatic heterocycles. The van der Waals surface area contributed by atoms with E-state index in [1.54, 1.807) is 32.1 Å². The summed E-state index contributed by atoms with van der Waals surface area (Å²) in [6, 6.07) is 7.56. The summed E-state index contributed by atoms with van der Waals surface area (Å²) in [6.07, 6.45) is 2.27. The average Bonchev–Trinajstić information content (AvgIpc) is 3.52. The van der Waals surface area contributed by atoms with Crippen LogP contribution >= 0.6 is 0 Å². The number of fused-ring (bicyclic) bond motifs is 1. The van der Waals surface area contributed by atoms with E-state index in [1.165, 1.54) is 9.13 Å². The topological polar surface area (TPSA) is 116 Å². The minimum Gasteiger partial charge on any atom is -0.497 e. The fourth-order valence-corrected chi connectivity index (χ4v) is 4.58. The van der Waals surface area contributed by atoms with Gasteiger partial charge in [-0.25, -0.2) is 9.78 Å². The molecule has 0 spiro atoms. The van der Waals surface area contributed by atoms with Gasteiger partial charge in [0, 0.05) is 52.4 Å². The van der Waals surface area contributed by atoms with Crippen LogP contribution in [0.4, 0.5) is 0 Å². The maximum Gasteiger partial charge on any atom is 0.332 e. The lowest BCUT2D eigenvalue weighted by atomic mass is 10.2. The predicted molar refractivity (Wildman–Crippen MR) is 133 cm³/mol. The highest BCUT2D eigenvalue weighted by atomic mass is 16.5. The molecule has 5 rings (SSSR count). The van der Waals surface area contributed by atoms with Crippen LogP contribution in [0.3, 0.4) is 0 Å². The number of aromatic nitrogens is 6. The summed E-state index contributed by atoms with van der Waals surface area (Å²) >= 11 is 0. The van der Waals surface area contributed by atoms with Crippen LogP contribution in [-0.2, 0) is 27.2 Å². The molecule has 1 aromatic carbocycles. The van der Waals surface area contributed by atoms with Gasteiger partial charge in [0.2, 0.25) is 11.7 Å². The molecule has 0 unspecified atom stereocenters. The second kappa shape index (κ2) is 10.1. The van der Waals surface area contributed by atoms with Crippen LogP contribution in [0.15, 0.2) is 44.7 Å². The van der Waals surface area contributed by atoms with Crippen molar-refractivity contribution >= 4 is 11.2 Å². The van der Waals surface area contributed by atoms with Crippen molar-refractivity contribution in [3.05, 3.63) is 57.3 Å². The van der Waals surface area contributed by atoms with Crippen molar-refractivity contribution in [2.75, 3.05) is 39.8 Å². The highest BCUT2D eigenvalue weighted by Gasteiger charge is 2.20. The number of hydrogen-bond donors (Lipinski definition) is 0. The lowest BCUT2D eigenvalue weighted by Crippen LogP contribution is -2.46. The van der Waals surface area contributed by atoms with Crippen molar-refractivity contribution in [3.63, 3.8) is 0 Å². The number of rotatable bonds is 8. The molecular formula is C24H30N8O4. The Labute approximate surface area is 207 Å². The van der Waals surface area contributed by atoms with E-state index < -0.39 is 0 Å². The third-order valence-electron chi connectivity index (χ3n) is 6.70. The van der Waals surface area contributed by atoms with E-state index in [1.807, 2.05) is 24.3 Å². The molecule has 190 valence electrons. The first-order valence-corrected chi connectivity index (χ1v) is 12.0. The molecule has 0 N–H and O–H groups in total. The Hall–Kier alpha value is -3.77. The number of benzene rings is 1. The van der Waals surface area contributed by atoms with Gasteiger partial charge in [-0.15, -0.1) is 0 Å². The molecule has 0 atom stereocenters. The number of piperazine rings is 1. The zero-order valence-electron chi connectivity index (χ0n) is 20.8. The Balaban J connectivity index is 1.12. The van der Waals surface area contributed by atoms with Gasteiger partial charge in [0.05, 0.1) is 20.0 Å². The summed E-state index contributed by atoms with van der Waals surface area (Å²) in [6.45, 7) is 5.34. The van der Waals surface area contributed by atoms with Crippen LogP contribution in [0, 0.1) is 0 Å². The molecule has 12 heteroatoms. The second-order valence-electron chi connectivity index (χ2n) is 9.04. The Kier molecular flexibility index (Phi) is 6.70. The van der Waals surface area contributed by atoms with Gasteiger partial charge >= 0.3 is 5.69 Å². The largest absolute Gasteiger partial charge is 0.497 e. The number of hydrogen-bond acceptors (Lipinski definition) is 9. The molecule has 1 fully saturated rings. The molecular weight excluding hydrogens is 464 g/mol. The van der Waals surface area contributed by atoms with E-state index in [0.29, 0.717) is 42.4 Å². The first-order chi connectivity index (χ1) is 17.4. The first-order valence-electron chi connectivity index (χ1n) is 12.0. The van der Waals surface area contributed by atoms with Gasteiger partial charge in [-0.2, -0.15) is 4.98 Å². The molecule has 4 aromatic rings. The minimum atomic E-state index is -0.329. The third-order valence-corrected chi connectivity index (χ3v) is 6.70. The summed E-state index contributed by atoms with van der Waals surface area (Å²) in [5, 5.41) is 4.11. The Morgan fingerprint density at radius 2 is 1.72 bits per heavy atom. The van der Waals surface area contributed by atoms with E-state index in [0.717, 1.165) is 44.0 Å². The summed E-state index contributed by atoms with van der Waals surface area (Å²) < 4.78 is 15.1. The van der Waals surface area contributed by atoms with Crippen LogP contribution in [-0.4, -0.2) is 78.5 Å². The molecule has 12 nitrogen and oxygen atoms in total. The van der Waals surface area contributed by atoms with Crippen LogP contribution in [0.2, 0.25) is 0 Å². The average molecular weight is 495 g/mol. The van der Waals surface area contributed by atoms with Gasteiger partial charge in [-0.05, 0) is 37.2 Å². The normalized spacial score (nSPS) is 15.1. The molecule has 0 aliphatic carbocycles. The van der Waals surface area contributed by atoms with E-state index in [-0.39, 0.29) is 11.2 Å². The Bertz CT molecular complexity index is 1460. The standard InChI is InChI=1S/C24H30N8O4/c1-28-16-25-22-20(28)23(33)32(24(34)29(22)2)10-4-9-30-11-13-31(14-12-30)15-19-26-21(27-36-19)17-5-7-18(35-3)8-6-17/h5-8,16H,4,9-15H2,1-3H3. The number of ether oxygens (including phenoxy) is 1. The minimum absolute atomic E-state index is 0.286. The molecule has 4 heterocycles. The predicted octanol–water partition coefficient (Wildman–Crippen LogP) is 0.700. The summed E-state index contributed by atoms with van der Waals surface area (Å²) in [4.78, 5) is 38.9.